The van der Waals surface area contributed by atoms with E-state index in [1.165, 1.54) is 0 Å². The number of nitrogens with zero attached hydrogens (tertiary/aromatic N) is 1. The first-order valence-corrected chi connectivity index (χ1v) is 6.93. The van der Waals surface area contributed by atoms with Gasteiger partial charge in [0, 0.05) is 12.5 Å². The lowest BCUT2D eigenvalue weighted by Gasteiger charge is -2.06. The molecule has 2 aromatic rings. The molecule has 5 nitrogen and oxygen atoms in total. The highest BCUT2D eigenvalue weighted by Gasteiger charge is 2.07. The summed E-state index contributed by atoms with van der Waals surface area (Å²) in [4.78, 5) is 11.8. The molecule has 2 rings (SSSR count). The molecule has 106 valence electrons. The van der Waals surface area contributed by atoms with Gasteiger partial charge in [-0.2, -0.15) is 0 Å². The molecular weight excluding hydrogens is 324 g/mol. The van der Waals surface area contributed by atoms with Gasteiger partial charge in [-0.25, -0.2) is 0 Å². The smallest absolute Gasteiger partial charge is 0.225 e. The normalized spacial score (nSPS) is 10.3. The molecule has 0 fully saturated rings. The fourth-order valence-electron chi connectivity index (χ4n) is 1.75. The first-order valence-electron chi connectivity index (χ1n) is 6.14. The number of aromatic nitrogens is 1. The SMILES string of the molecule is COc1ccc(CCC(=O)Nc2cc(C)on2)cc1Br. The summed E-state index contributed by atoms with van der Waals surface area (Å²) in [5.41, 5.74) is 1.06. The Balaban J connectivity index is 1.88. The lowest BCUT2D eigenvalue weighted by molar-refractivity contribution is -0.116. The van der Waals surface area contributed by atoms with E-state index in [1.54, 1.807) is 20.1 Å². The number of benzene rings is 1. The van der Waals surface area contributed by atoms with Crippen molar-refractivity contribution in [1.82, 2.24) is 5.16 Å². The molecule has 1 aromatic heterocycles. The molecule has 1 aromatic carbocycles. The zero-order valence-corrected chi connectivity index (χ0v) is 12.9. The number of amides is 1. The Hall–Kier alpha value is -1.82. The maximum absolute atomic E-state index is 11.8. The standard InChI is InChI=1S/C14H15BrN2O3/c1-9-7-13(17-20-9)16-14(18)6-4-10-3-5-12(19-2)11(15)8-10/h3,5,7-8H,4,6H2,1-2H3,(H,16,17,18). The van der Waals surface area contributed by atoms with Crippen LogP contribution in [0.5, 0.6) is 5.75 Å². The third kappa shape index (κ3) is 3.84. The van der Waals surface area contributed by atoms with Crippen molar-refractivity contribution in [3.8, 4) is 5.75 Å². The minimum atomic E-state index is -0.0924. The number of rotatable bonds is 5. The Kier molecular flexibility index (Phi) is 4.79. The van der Waals surface area contributed by atoms with E-state index in [4.69, 9.17) is 9.26 Å². The van der Waals surface area contributed by atoms with Crippen molar-refractivity contribution < 1.29 is 14.1 Å². The van der Waals surface area contributed by atoms with E-state index < -0.39 is 0 Å². The average Bonchev–Trinajstić information content (AvgIpc) is 2.82. The highest BCUT2D eigenvalue weighted by Crippen LogP contribution is 2.26. The highest BCUT2D eigenvalue weighted by molar-refractivity contribution is 9.10. The first-order chi connectivity index (χ1) is 9.58. The lowest BCUT2D eigenvalue weighted by Crippen LogP contribution is -2.12. The van der Waals surface area contributed by atoms with Crippen LogP contribution in [-0.4, -0.2) is 18.2 Å². The summed E-state index contributed by atoms with van der Waals surface area (Å²) in [7, 11) is 1.62. The summed E-state index contributed by atoms with van der Waals surface area (Å²) in [6, 6.07) is 7.45. The molecule has 0 spiro atoms. The van der Waals surface area contributed by atoms with Gasteiger partial charge in [0.25, 0.3) is 0 Å². The van der Waals surface area contributed by atoms with E-state index in [0.717, 1.165) is 15.8 Å². The molecule has 0 unspecified atom stereocenters. The third-order valence-electron chi connectivity index (χ3n) is 2.75. The Labute approximate surface area is 125 Å². The van der Waals surface area contributed by atoms with Crippen molar-refractivity contribution in [3.05, 3.63) is 40.1 Å². The quantitative estimate of drug-likeness (QED) is 0.908. The van der Waals surface area contributed by atoms with E-state index in [1.807, 2.05) is 18.2 Å². The number of carbonyl (C=O) groups excluding carboxylic acids is 1. The molecular formula is C14H15BrN2O3. The third-order valence-corrected chi connectivity index (χ3v) is 3.37. The molecule has 0 atom stereocenters. The van der Waals surface area contributed by atoms with Gasteiger partial charge < -0.3 is 14.6 Å². The number of halogens is 1. The molecule has 0 aliphatic carbocycles. The molecule has 1 N–H and O–H groups in total. The van der Waals surface area contributed by atoms with Gasteiger partial charge in [-0.3, -0.25) is 4.79 Å². The van der Waals surface area contributed by atoms with Crippen LogP contribution >= 0.6 is 15.9 Å². The molecule has 20 heavy (non-hydrogen) atoms. The Morgan fingerprint density at radius 2 is 2.25 bits per heavy atom. The van der Waals surface area contributed by atoms with Crippen LogP contribution in [0.15, 0.2) is 33.3 Å². The topological polar surface area (TPSA) is 64.4 Å². The number of hydrogen-bond donors (Lipinski definition) is 1. The maximum Gasteiger partial charge on any atom is 0.225 e. The Morgan fingerprint density at radius 3 is 2.85 bits per heavy atom. The number of carbonyl (C=O) groups is 1. The fraction of sp³-hybridized carbons (Fsp3) is 0.286. The molecule has 1 heterocycles. The van der Waals surface area contributed by atoms with Gasteiger partial charge >= 0.3 is 0 Å². The molecule has 0 aliphatic rings. The van der Waals surface area contributed by atoms with E-state index in [-0.39, 0.29) is 5.91 Å². The average molecular weight is 339 g/mol. The van der Waals surface area contributed by atoms with Gasteiger partial charge in [0.15, 0.2) is 5.82 Å². The summed E-state index contributed by atoms with van der Waals surface area (Å²) in [5.74, 6) is 1.80. The van der Waals surface area contributed by atoms with Gasteiger partial charge in [0.2, 0.25) is 5.91 Å². The van der Waals surface area contributed by atoms with Crippen LogP contribution in [0.25, 0.3) is 0 Å². The minimum Gasteiger partial charge on any atom is -0.496 e. The summed E-state index contributed by atoms with van der Waals surface area (Å²) < 4.78 is 10.9. The van der Waals surface area contributed by atoms with Crippen LogP contribution in [-0.2, 0) is 11.2 Å². The first kappa shape index (κ1) is 14.6. The summed E-state index contributed by atoms with van der Waals surface area (Å²) >= 11 is 3.42. The number of ether oxygens (including phenoxy) is 1. The van der Waals surface area contributed by atoms with Crippen molar-refractivity contribution in [2.75, 3.05) is 12.4 Å². The van der Waals surface area contributed by atoms with E-state index in [0.29, 0.717) is 24.4 Å². The van der Waals surface area contributed by atoms with Crippen molar-refractivity contribution in [1.29, 1.82) is 0 Å². The summed E-state index contributed by atoms with van der Waals surface area (Å²) in [6.07, 6.45) is 1.02. The lowest BCUT2D eigenvalue weighted by atomic mass is 10.1. The van der Waals surface area contributed by atoms with Crippen LogP contribution in [0.4, 0.5) is 5.82 Å². The van der Waals surface area contributed by atoms with Crippen LogP contribution in [0.2, 0.25) is 0 Å². The van der Waals surface area contributed by atoms with Gasteiger partial charge in [-0.1, -0.05) is 11.2 Å². The van der Waals surface area contributed by atoms with Gasteiger partial charge in [0.1, 0.15) is 11.5 Å². The zero-order valence-electron chi connectivity index (χ0n) is 11.3. The number of methoxy groups -OCH3 is 1. The van der Waals surface area contributed by atoms with Crippen molar-refractivity contribution >= 4 is 27.7 Å². The molecule has 0 saturated heterocycles. The minimum absolute atomic E-state index is 0.0924. The van der Waals surface area contributed by atoms with Crippen LogP contribution in [0.1, 0.15) is 17.7 Å². The van der Waals surface area contributed by atoms with Gasteiger partial charge in [-0.05, 0) is 47.0 Å². The number of aryl methyl sites for hydroxylation is 2. The molecule has 0 bridgehead atoms. The van der Waals surface area contributed by atoms with Crippen LogP contribution in [0, 0.1) is 6.92 Å². The second-order valence-corrected chi connectivity index (χ2v) is 5.19. The van der Waals surface area contributed by atoms with Crippen molar-refractivity contribution in [3.63, 3.8) is 0 Å². The van der Waals surface area contributed by atoms with Gasteiger partial charge in [-0.15, -0.1) is 0 Å². The molecule has 0 radical (unpaired) electrons. The van der Waals surface area contributed by atoms with Gasteiger partial charge in [0.05, 0.1) is 11.6 Å². The fourth-order valence-corrected chi connectivity index (χ4v) is 2.34. The van der Waals surface area contributed by atoms with Crippen molar-refractivity contribution in [2.45, 2.75) is 19.8 Å². The van der Waals surface area contributed by atoms with Crippen molar-refractivity contribution in [2.24, 2.45) is 0 Å². The Morgan fingerprint density at radius 1 is 1.45 bits per heavy atom. The number of anilines is 1. The predicted octanol–water partition coefficient (Wildman–Crippen LogP) is 3.33. The van der Waals surface area contributed by atoms with E-state index in [9.17, 15) is 4.79 Å². The van der Waals surface area contributed by atoms with E-state index in [2.05, 4.69) is 26.4 Å². The Bertz CT molecular complexity index is 610. The molecule has 6 heteroatoms. The van der Waals surface area contributed by atoms with E-state index >= 15 is 0 Å². The molecule has 0 saturated carbocycles. The zero-order chi connectivity index (χ0) is 14.5. The second-order valence-electron chi connectivity index (χ2n) is 4.34. The number of nitrogens with one attached hydrogen (secondary N) is 1. The monoisotopic (exact) mass is 338 g/mol. The second kappa shape index (κ2) is 6.56. The predicted molar refractivity (Wildman–Crippen MR) is 78.9 cm³/mol. The van der Waals surface area contributed by atoms with Crippen LogP contribution < -0.4 is 10.1 Å². The number of hydrogen-bond acceptors (Lipinski definition) is 4. The summed E-state index contributed by atoms with van der Waals surface area (Å²) in [6.45, 7) is 1.78. The molecule has 0 aliphatic heterocycles. The summed E-state index contributed by atoms with van der Waals surface area (Å²) in [5, 5.41) is 6.41. The largest absolute Gasteiger partial charge is 0.496 e. The highest BCUT2D eigenvalue weighted by atomic mass is 79.9. The van der Waals surface area contributed by atoms with Crippen LogP contribution in [0.3, 0.4) is 0 Å². The maximum atomic E-state index is 11.8. The molecule has 1 amide bonds.